The summed E-state index contributed by atoms with van der Waals surface area (Å²) in [6.07, 6.45) is 1.81. The molecular formula is C12H19NO4S2. The largest absolute Gasteiger partial charge is 0.391 e. The van der Waals surface area contributed by atoms with Gasteiger partial charge in [0.2, 0.25) is 10.0 Å². The Morgan fingerprint density at radius 3 is 2.74 bits per heavy atom. The first-order chi connectivity index (χ1) is 9.02. The summed E-state index contributed by atoms with van der Waals surface area (Å²) in [5, 5.41) is 11.1. The van der Waals surface area contributed by atoms with Crippen molar-refractivity contribution in [1.82, 2.24) is 4.31 Å². The minimum atomic E-state index is -3.54. The molecule has 2 rings (SSSR count). The molecule has 0 aliphatic heterocycles. The summed E-state index contributed by atoms with van der Waals surface area (Å²) in [7, 11) is -1.97. The van der Waals surface area contributed by atoms with Gasteiger partial charge in [0.25, 0.3) is 0 Å². The average molecular weight is 305 g/mol. The maximum atomic E-state index is 12.7. The lowest BCUT2D eigenvalue weighted by Gasteiger charge is -2.22. The monoisotopic (exact) mass is 305 g/mol. The summed E-state index contributed by atoms with van der Waals surface area (Å²) in [5.41, 5.74) is 0.706. The van der Waals surface area contributed by atoms with Gasteiger partial charge in [0.1, 0.15) is 4.90 Å². The number of thiophene rings is 1. The number of hydrogen-bond donors (Lipinski definition) is 1. The van der Waals surface area contributed by atoms with Crippen LogP contribution in [0.2, 0.25) is 0 Å². The fourth-order valence-corrected chi connectivity index (χ4v) is 5.39. The van der Waals surface area contributed by atoms with Gasteiger partial charge in [-0.25, -0.2) is 8.42 Å². The molecule has 0 bridgehead atoms. The molecular weight excluding hydrogens is 286 g/mol. The minimum Gasteiger partial charge on any atom is -0.391 e. The predicted molar refractivity (Wildman–Crippen MR) is 73.8 cm³/mol. The van der Waals surface area contributed by atoms with Crippen LogP contribution in [-0.2, 0) is 21.4 Å². The first-order valence-corrected chi connectivity index (χ1v) is 8.53. The van der Waals surface area contributed by atoms with Crippen molar-refractivity contribution in [3.05, 3.63) is 15.8 Å². The average Bonchev–Trinajstić information content (AvgIpc) is 3.11. The second kappa shape index (κ2) is 5.88. The van der Waals surface area contributed by atoms with Crippen molar-refractivity contribution in [3.63, 3.8) is 0 Å². The van der Waals surface area contributed by atoms with Crippen molar-refractivity contribution in [2.45, 2.75) is 37.3 Å². The number of aliphatic hydroxyl groups is 1. The molecule has 0 saturated heterocycles. The van der Waals surface area contributed by atoms with E-state index in [1.165, 1.54) is 15.6 Å². The van der Waals surface area contributed by atoms with Gasteiger partial charge in [-0.05, 0) is 30.7 Å². The zero-order valence-electron chi connectivity index (χ0n) is 11.1. The topological polar surface area (TPSA) is 66.8 Å². The molecule has 7 heteroatoms. The van der Waals surface area contributed by atoms with E-state index in [-0.39, 0.29) is 17.5 Å². The van der Waals surface area contributed by atoms with Crippen LogP contribution in [0.15, 0.2) is 10.3 Å². The van der Waals surface area contributed by atoms with Crippen molar-refractivity contribution in [1.29, 1.82) is 0 Å². The number of aryl methyl sites for hydroxylation is 1. The summed E-state index contributed by atoms with van der Waals surface area (Å²) in [5.74, 6) is 0. The van der Waals surface area contributed by atoms with E-state index in [9.17, 15) is 13.5 Å². The highest BCUT2D eigenvalue weighted by Gasteiger charge is 2.39. The quantitative estimate of drug-likeness (QED) is 0.826. The van der Waals surface area contributed by atoms with Gasteiger partial charge in [-0.1, -0.05) is 0 Å². The Morgan fingerprint density at radius 2 is 2.21 bits per heavy atom. The third-order valence-corrected chi connectivity index (χ3v) is 6.57. The molecule has 0 radical (unpaired) electrons. The second-order valence-corrected chi connectivity index (χ2v) is 7.46. The Bertz CT molecular complexity index is 534. The molecule has 19 heavy (non-hydrogen) atoms. The third kappa shape index (κ3) is 3.00. The van der Waals surface area contributed by atoms with Crippen molar-refractivity contribution >= 4 is 21.4 Å². The van der Waals surface area contributed by atoms with Gasteiger partial charge in [0, 0.05) is 19.7 Å². The van der Waals surface area contributed by atoms with Crippen LogP contribution in [0.25, 0.3) is 0 Å². The number of rotatable bonds is 7. The van der Waals surface area contributed by atoms with E-state index in [1.807, 2.05) is 0 Å². The summed E-state index contributed by atoms with van der Waals surface area (Å²) < 4.78 is 32.0. The molecule has 1 fully saturated rings. The number of sulfonamides is 1. The minimum absolute atomic E-state index is 0.0889. The highest BCUT2D eigenvalue weighted by atomic mass is 32.2. The van der Waals surface area contributed by atoms with Gasteiger partial charge in [-0.3, -0.25) is 0 Å². The van der Waals surface area contributed by atoms with Crippen LogP contribution in [0.4, 0.5) is 0 Å². The van der Waals surface area contributed by atoms with Crippen LogP contribution in [0.1, 0.15) is 23.3 Å². The Kier molecular flexibility index (Phi) is 4.62. The summed E-state index contributed by atoms with van der Waals surface area (Å²) in [6.45, 7) is 2.27. The van der Waals surface area contributed by atoms with Gasteiger partial charge >= 0.3 is 0 Å². The number of aliphatic hydroxyl groups excluding tert-OH is 1. The van der Waals surface area contributed by atoms with Gasteiger partial charge < -0.3 is 9.84 Å². The van der Waals surface area contributed by atoms with E-state index in [0.717, 1.165) is 12.8 Å². The smallest absolute Gasteiger partial charge is 0.244 e. The lowest BCUT2D eigenvalue weighted by Crippen LogP contribution is -2.36. The normalized spacial score (nSPS) is 16.2. The van der Waals surface area contributed by atoms with Crippen molar-refractivity contribution < 1.29 is 18.3 Å². The molecule has 108 valence electrons. The van der Waals surface area contributed by atoms with Gasteiger partial charge in [-0.2, -0.15) is 4.31 Å². The van der Waals surface area contributed by atoms with Crippen LogP contribution in [0, 0.1) is 6.92 Å². The van der Waals surface area contributed by atoms with Crippen LogP contribution in [0.3, 0.4) is 0 Å². The molecule has 1 aromatic heterocycles. The molecule has 1 aliphatic carbocycles. The Hall–Kier alpha value is -0.470. The molecule has 0 spiro atoms. The van der Waals surface area contributed by atoms with Gasteiger partial charge in [0.15, 0.2) is 0 Å². The molecule has 5 nitrogen and oxygen atoms in total. The highest BCUT2D eigenvalue weighted by Crippen LogP contribution is 2.35. The fourth-order valence-electron chi connectivity index (χ4n) is 2.10. The van der Waals surface area contributed by atoms with Crippen LogP contribution in [-0.4, -0.2) is 44.1 Å². The molecule has 1 N–H and O–H groups in total. The van der Waals surface area contributed by atoms with Crippen molar-refractivity contribution in [2.24, 2.45) is 0 Å². The molecule has 0 amide bonds. The number of methoxy groups -OCH3 is 1. The molecule has 1 heterocycles. The van der Waals surface area contributed by atoms with Crippen LogP contribution in [0.5, 0.6) is 0 Å². The molecule has 1 saturated carbocycles. The van der Waals surface area contributed by atoms with E-state index < -0.39 is 10.0 Å². The zero-order chi connectivity index (χ0) is 14.0. The van der Waals surface area contributed by atoms with Crippen LogP contribution >= 0.6 is 11.3 Å². The summed E-state index contributed by atoms with van der Waals surface area (Å²) in [6, 6.07) is 0.0889. The second-order valence-electron chi connectivity index (χ2n) is 4.67. The summed E-state index contributed by atoms with van der Waals surface area (Å²) >= 11 is 1.29. The lowest BCUT2D eigenvalue weighted by molar-refractivity contribution is 0.177. The van der Waals surface area contributed by atoms with E-state index in [1.54, 1.807) is 19.4 Å². The Morgan fingerprint density at radius 1 is 1.53 bits per heavy atom. The Balaban J connectivity index is 2.35. The third-order valence-electron chi connectivity index (χ3n) is 3.17. The van der Waals surface area contributed by atoms with Crippen molar-refractivity contribution in [3.8, 4) is 0 Å². The zero-order valence-corrected chi connectivity index (χ0v) is 12.8. The lowest BCUT2D eigenvalue weighted by atomic mass is 10.3. The first kappa shape index (κ1) is 14.9. The van der Waals surface area contributed by atoms with Gasteiger partial charge in [0.05, 0.1) is 18.1 Å². The fraction of sp³-hybridized carbons (Fsp3) is 0.667. The Labute approximate surface area is 117 Å². The molecule has 1 aromatic rings. The van der Waals surface area contributed by atoms with Crippen LogP contribution < -0.4 is 0 Å². The maximum absolute atomic E-state index is 12.7. The number of hydrogen-bond acceptors (Lipinski definition) is 5. The molecule has 1 aliphatic rings. The predicted octanol–water partition coefficient (Wildman–Crippen LogP) is 1.35. The molecule has 0 aromatic carbocycles. The highest BCUT2D eigenvalue weighted by molar-refractivity contribution is 7.89. The van der Waals surface area contributed by atoms with E-state index >= 15 is 0 Å². The maximum Gasteiger partial charge on any atom is 0.244 e. The first-order valence-electron chi connectivity index (χ1n) is 6.21. The number of nitrogens with zero attached hydrogens (tertiary/aromatic N) is 1. The molecule has 0 atom stereocenters. The van der Waals surface area contributed by atoms with Gasteiger partial charge in [-0.15, -0.1) is 11.3 Å². The molecule has 0 unspecified atom stereocenters. The summed E-state index contributed by atoms with van der Waals surface area (Å²) in [4.78, 5) is 0.795. The SMILES string of the molecule is COCCN(C1CC1)S(=O)(=O)c1c(C)csc1CO. The van der Waals surface area contributed by atoms with Crippen molar-refractivity contribution in [2.75, 3.05) is 20.3 Å². The number of ether oxygens (including phenoxy) is 1. The standard InChI is InChI=1S/C12H19NO4S2/c1-9-8-18-11(7-14)12(9)19(15,16)13(5-6-17-2)10-3-4-10/h8,10,14H,3-7H2,1-2H3. The van der Waals surface area contributed by atoms with E-state index in [0.29, 0.717) is 23.6 Å². The van der Waals surface area contributed by atoms with E-state index in [4.69, 9.17) is 4.74 Å². The van der Waals surface area contributed by atoms with E-state index in [2.05, 4.69) is 0 Å².